The van der Waals surface area contributed by atoms with Gasteiger partial charge in [-0.05, 0) is 50.2 Å². The van der Waals surface area contributed by atoms with E-state index in [9.17, 15) is 0 Å². The Labute approximate surface area is 91.4 Å². The second kappa shape index (κ2) is 5.06. The largest absolute Gasteiger partial charge is 0.159 e. The van der Waals surface area contributed by atoms with Crippen molar-refractivity contribution in [3.05, 3.63) is 36.7 Å². The van der Waals surface area contributed by atoms with E-state index < -0.39 is 0 Å². The van der Waals surface area contributed by atoms with Gasteiger partial charge < -0.3 is 0 Å². The van der Waals surface area contributed by atoms with Crippen molar-refractivity contribution in [3.63, 3.8) is 0 Å². The molecule has 0 bridgehead atoms. The summed E-state index contributed by atoms with van der Waals surface area (Å²) in [6, 6.07) is 4.09. The van der Waals surface area contributed by atoms with Crippen LogP contribution >= 0.6 is 0 Å². The third-order valence-electron chi connectivity index (χ3n) is 3.36. The lowest BCUT2D eigenvalue weighted by molar-refractivity contribution is 0.324. The zero-order valence-electron chi connectivity index (χ0n) is 9.10. The molecule has 2 heteroatoms. The minimum absolute atomic E-state index is 0.639. The highest BCUT2D eigenvalue weighted by atomic mass is 15.1. The van der Waals surface area contributed by atoms with Crippen LogP contribution in [0, 0.1) is 5.92 Å². The second-order valence-corrected chi connectivity index (χ2v) is 4.39. The van der Waals surface area contributed by atoms with E-state index in [1.807, 2.05) is 12.1 Å². The number of allylic oxidation sites excluding steroid dienone is 1. The van der Waals surface area contributed by atoms with E-state index >= 15 is 0 Å². The molecule has 0 saturated heterocycles. The van der Waals surface area contributed by atoms with Gasteiger partial charge in [-0.1, -0.05) is 6.08 Å². The van der Waals surface area contributed by atoms with E-state index in [2.05, 4.69) is 22.8 Å². The fourth-order valence-corrected chi connectivity index (χ4v) is 2.46. The van der Waals surface area contributed by atoms with Gasteiger partial charge in [0.15, 0.2) is 0 Å². The molecule has 1 aliphatic rings. The molecule has 1 heterocycles. The van der Waals surface area contributed by atoms with Crippen LogP contribution in [-0.2, 0) is 0 Å². The van der Waals surface area contributed by atoms with Crippen LogP contribution in [0.15, 0.2) is 31.0 Å². The fraction of sp³-hybridized carbons (Fsp3) is 0.538. The normalized spacial score (nSPS) is 26.1. The van der Waals surface area contributed by atoms with Crippen LogP contribution in [0.25, 0.3) is 0 Å². The van der Waals surface area contributed by atoms with Crippen molar-refractivity contribution in [3.8, 4) is 0 Å². The van der Waals surface area contributed by atoms with Crippen LogP contribution in [0.5, 0.6) is 0 Å². The van der Waals surface area contributed by atoms with Crippen LogP contribution in [0.4, 0.5) is 0 Å². The summed E-state index contributed by atoms with van der Waals surface area (Å²) in [5.74, 6) is 1.50. The summed E-state index contributed by atoms with van der Waals surface area (Å²) >= 11 is 0. The first kappa shape index (κ1) is 10.3. The molecule has 1 aromatic heterocycles. The van der Waals surface area contributed by atoms with Gasteiger partial charge in [-0.25, -0.2) is 0 Å². The Balaban J connectivity index is 1.91. The van der Waals surface area contributed by atoms with Gasteiger partial charge in [0.05, 0.1) is 5.69 Å². The average molecular weight is 202 g/mol. The van der Waals surface area contributed by atoms with E-state index in [4.69, 9.17) is 0 Å². The Morgan fingerprint density at radius 3 is 2.73 bits per heavy atom. The number of hydrogen-bond donors (Lipinski definition) is 0. The molecule has 0 amide bonds. The van der Waals surface area contributed by atoms with Gasteiger partial charge in [-0.2, -0.15) is 10.2 Å². The number of nitrogens with zero attached hydrogens (tertiary/aromatic N) is 2. The molecular weight excluding hydrogens is 184 g/mol. The summed E-state index contributed by atoms with van der Waals surface area (Å²) in [5, 5.41) is 8.15. The smallest absolute Gasteiger partial charge is 0.0661 e. The predicted molar refractivity (Wildman–Crippen MR) is 61.5 cm³/mol. The summed E-state index contributed by atoms with van der Waals surface area (Å²) in [7, 11) is 0. The number of aromatic nitrogens is 2. The molecule has 1 saturated carbocycles. The molecule has 2 nitrogen and oxygen atoms in total. The lowest BCUT2D eigenvalue weighted by Gasteiger charge is -2.27. The maximum absolute atomic E-state index is 4.20. The molecule has 15 heavy (non-hydrogen) atoms. The van der Waals surface area contributed by atoms with Crippen molar-refractivity contribution in [1.82, 2.24) is 10.2 Å². The lowest BCUT2D eigenvalue weighted by atomic mass is 9.79. The predicted octanol–water partition coefficient (Wildman–Crippen LogP) is 3.33. The number of hydrogen-bond acceptors (Lipinski definition) is 2. The third-order valence-corrected chi connectivity index (χ3v) is 3.36. The summed E-state index contributed by atoms with van der Waals surface area (Å²) in [4.78, 5) is 0. The highest BCUT2D eigenvalue weighted by Crippen LogP contribution is 2.35. The average Bonchev–Trinajstić information content (AvgIpc) is 2.32. The topological polar surface area (TPSA) is 25.8 Å². The van der Waals surface area contributed by atoms with E-state index in [0.717, 1.165) is 5.92 Å². The quantitative estimate of drug-likeness (QED) is 0.703. The standard InChI is InChI=1S/C13H18N2/c1-2-4-11-6-8-12(9-7-11)13-5-3-10-14-15-13/h2-3,5,10-12H,1,4,6-9H2. The summed E-state index contributed by atoms with van der Waals surface area (Å²) in [6.45, 7) is 3.81. The highest BCUT2D eigenvalue weighted by Gasteiger charge is 2.22. The molecule has 0 aliphatic heterocycles. The maximum Gasteiger partial charge on any atom is 0.0661 e. The Hall–Kier alpha value is -1.18. The van der Waals surface area contributed by atoms with Gasteiger partial charge in [-0.15, -0.1) is 6.58 Å². The minimum atomic E-state index is 0.639. The van der Waals surface area contributed by atoms with E-state index in [1.54, 1.807) is 6.20 Å². The molecule has 0 spiro atoms. The summed E-state index contributed by atoms with van der Waals surface area (Å²) in [5.41, 5.74) is 1.18. The van der Waals surface area contributed by atoms with Gasteiger partial charge in [0.2, 0.25) is 0 Å². The lowest BCUT2D eigenvalue weighted by Crippen LogP contribution is -2.13. The zero-order chi connectivity index (χ0) is 10.5. The zero-order valence-corrected chi connectivity index (χ0v) is 9.10. The summed E-state index contributed by atoms with van der Waals surface area (Å²) < 4.78 is 0. The molecule has 0 radical (unpaired) electrons. The van der Waals surface area contributed by atoms with Crippen molar-refractivity contribution in [2.45, 2.75) is 38.0 Å². The minimum Gasteiger partial charge on any atom is -0.159 e. The second-order valence-electron chi connectivity index (χ2n) is 4.39. The molecule has 1 aromatic rings. The first-order chi connectivity index (χ1) is 7.40. The molecule has 0 unspecified atom stereocenters. The van der Waals surface area contributed by atoms with Crippen molar-refractivity contribution in [2.75, 3.05) is 0 Å². The maximum atomic E-state index is 4.20. The molecule has 0 N–H and O–H groups in total. The van der Waals surface area contributed by atoms with Gasteiger partial charge >= 0.3 is 0 Å². The van der Waals surface area contributed by atoms with Crippen LogP contribution in [0.3, 0.4) is 0 Å². The number of rotatable bonds is 3. The fourth-order valence-electron chi connectivity index (χ4n) is 2.46. The Kier molecular flexibility index (Phi) is 3.49. The molecule has 0 atom stereocenters. The third kappa shape index (κ3) is 2.65. The van der Waals surface area contributed by atoms with Gasteiger partial charge in [-0.3, -0.25) is 0 Å². The molecule has 80 valence electrons. The van der Waals surface area contributed by atoms with Gasteiger partial charge in [0, 0.05) is 12.1 Å². The van der Waals surface area contributed by atoms with Crippen molar-refractivity contribution in [1.29, 1.82) is 0 Å². The summed E-state index contributed by atoms with van der Waals surface area (Å²) in [6.07, 6.45) is 10.1. The van der Waals surface area contributed by atoms with E-state index in [1.165, 1.54) is 37.8 Å². The van der Waals surface area contributed by atoms with Crippen LogP contribution in [0.1, 0.15) is 43.7 Å². The molecule has 1 aliphatic carbocycles. The SMILES string of the molecule is C=CCC1CCC(c2cccnn2)CC1. The Morgan fingerprint density at radius 2 is 2.13 bits per heavy atom. The van der Waals surface area contributed by atoms with Crippen LogP contribution in [-0.4, -0.2) is 10.2 Å². The van der Waals surface area contributed by atoms with Crippen LogP contribution in [0.2, 0.25) is 0 Å². The molecular formula is C13H18N2. The van der Waals surface area contributed by atoms with Crippen molar-refractivity contribution >= 4 is 0 Å². The Morgan fingerprint density at radius 1 is 1.33 bits per heavy atom. The Bertz CT molecular complexity index is 300. The first-order valence-electron chi connectivity index (χ1n) is 5.78. The van der Waals surface area contributed by atoms with Crippen molar-refractivity contribution < 1.29 is 0 Å². The van der Waals surface area contributed by atoms with Crippen molar-refractivity contribution in [2.24, 2.45) is 5.92 Å². The molecule has 1 fully saturated rings. The first-order valence-corrected chi connectivity index (χ1v) is 5.78. The van der Waals surface area contributed by atoms with E-state index in [0.29, 0.717) is 5.92 Å². The van der Waals surface area contributed by atoms with Crippen LogP contribution < -0.4 is 0 Å². The van der Waals surface area contributed by atoms with E-state index in [-0.39, 0.29) is 0 Å². The molecule has 0 aromatic carbocycles. The van der Waals surface area contributed by atoms with Gasteiger partial charge in [0.1, 0.15) is 0 Å². The molecule has 2 rings (SSSR count). The highest BCUT2D eigenvalue weighted by molar-refractivity contribution is 5.07. The van der Waals surface area contributed by atoms with Gasteiger partial charge in [0.25, 0.3) is 0 Å². The monoisotopic (exact) mass is 202 g/mol.